The number of benzene rings is 2. The van der Waals surface area contributed by atoms with Gasteiger partial charge in [-0.05, 0) is 36.8 Å². The monoisotopic (exact) mass is 464 g/mol. The fraction of sp³-hybridized carbons (Fsp3) is 0.190. The second-order valence-corrected chi connectivity index (χ2v) is 7.90. The van der Waals surface area contributed by atoms with E-state index in [1.54, 1.807) is 23.4 Å². The van der Waals surface area contributed by atoms with Crippen LogP contribution in [0.15, 0.2) is 41.4 Å². The first-order valence-electron chi connectivity index (χ1n) is 8.86. The minimum atomic E-state index is -4.44. The smallest absolute Gasteiger partial charge is 0.416 e. The molecule has 0 radical (unpaired) electrons. The highest BCUT2D eigenvalue weighted by Gasteiger charge is 2.30. The summed E-state index contributed by atoms with van der Waals surface area (Å²) in [5.74, 6) is 0.321. The van der Waals surface area contributed by atoms with Crippen LogP contribution in [0.5, 0.6) is 10.8 Å². The van der Waals surface area contributed by atoms with Crippen LogP contribution in [0.3, 0.4) is 0 Å². The lowest BCUT2D eigenvalue weighted by atomic mass is 10.1. The van der Waals surface area contributed by atoms with Crippen molar-refractivity contribution in [3.8, 4) is 28.1 Å². The predicted octanol–water partition coefficient (Wildman–Crippen LogP) is 6.68. The van der Waals surface area contributed by atoms with Crippen LogP contribution in [0, 0.1) is 18.3 Å². The van der Waals surface area contributed by atoms with Gasteiger partial charge >= 0.3 is 6.18 Å². The Kier molecular flexibility index (Phi) is 6.53. The molecule has 10 heteroatoms. The molecule has 2 aromatic carbocycles. The van der Waals surface area contributed by atoms with Crippen molar-refractivity contribution in [2.24, 2.45) is 4.99 Å². The molecule has 0 aliphatic carbocycles. The van der Waals surface area contributed by atoms with Crippen LogP contribution >= 0.6 is 23.1 Å². The van der Waals surface area contributed by atoms with E-state index in [1.165, 1.54) is 12.1 Å². The number of hydrogen-bond acceptors (Lipinski definition) is 5. The van der Waals surface area contributed by atoms with Gasteiger partial charge in [-0.2, -0.15) is 22.8 Å². The third kappa shape index (κ3) is 5.16. The Morgan fingerprint density at radius 3 is 2.48 bits per heavy atom. The van der Waals surface area contributed by atoms with Crippen molar-refractivity contribution in [3.05, 3.63) is 58.1 Å². The van der Waals surface area contributed by atoms with Gasteiger partial charge in [0.2, 0.25) is 5.06 Å². The van der Waals surface area contributed by atoms with E-state index < -0.39 is 11.7 Å². The van der Waals surface area contributed by atoms with Crippen molar-refractivity contribution in [2.45, 2.75) is 13.1 Å². The van der Waals surface area contributed by atoms with E-state index in [0.717, 1.165) is 29.2 Å². The lowest BCUT2D eigenvalue weighted by molar-refractivity contribution is -0.137. The summed E-state index contributed by atoms with van der Waals surface area (Å²) in [5, 5.41) is 10.1. The molecule has 3 rings (SSSR count). The van der Waals surface area contributed by atoms with Gasteiger partial charge in [-0.15, -0.1) is 0 Å². The molecular formula is C21H16ClF3N4OS. The maximum atomic E-state index is 12.8. The highest BCUT2D eigenvalue weighted by molar-refractivity contribution is 7.08. The number of aryl methyl sites for hydroxylation is 1. The molecule has 3 aromatic rings. The minimum Gasteiger partial charge on any atom is -0.442 e. The zero-order chi connectivity index (χ0) is 22.8. The molecule has 5 nitrogen and oxygen atoms in total. The molecule has 0 unspecified atom stereocenters. The van der Waals surface area contributed by atoms with Gasteiger partial charge in [-0.1, -0.05) is 23.7 Å². The molecule has 0 aliphatic heterocycles. The fourth-order valence-electron chi connectivity index (χ4n) is 2.60. The maximum Gasteiger partial charge on any atom is 0.416 e. The highest BCUT2D eigenvalue weighted by Crippen LogP contribution is 2.41. The Bertz CT molecular complexity index is 1170. The summed E-state index contributed by atoms with van der Waals surface area (Å²) in [6.45, 7) is 1.84. The van der Waals surface area contributed by atoms with E-state index in [0.29, 0.717) is 22.0 Å². The summed E-state index contributed by atoms with van der Waals surface area (Å²) in [4.78, 5) is 6.12. The molecule has 160 valence electrons. The number of aliphatic imine (C=N–C) groups is 1. The predicted molar refractivity (Wildman–Crippen MR) is 115 cm³/mol. The van der Waals surface area contributed by atoms with Crippen LogP contribution in [0.4, 0.5) is 18.9 Å². The van der Waals surface area contributed by atoms with Gasteiger partial charge in [-0.25, -0.2) is 4.99 Å². The molecule has 0 bridgehead atoms. The summed E-state index contributed by atoms with van der Waals surface area (Å²) < 4.78 is 48.4. The molecule has 0 fully saturated rings. The lowest BCUT2D eigenvalue weighted by Crippen LogP contribution is -2.07. The number of nitrogens with zero attached hydrogens (tertiary/aromatic N) is 4. The Morgan fingerprint density at radius 2 is 1.90 bits per heavy atom. The summed E-state index contributed by atoms with van der Waals surface area (Å²) in [6.07, 6.45) is -2.79. The van der Waals surface area contributed by atoms with Crippen LogP contribution in [-0.4, -0.2) is 29.7 Å². The molecule has 0 aliphatic rings. The number of hydrogen-bond donors (Lipinski definition) is 0. The first-order valence-corrected chi connectivity index (χ1v) is 10.0. The molecule has 0 N–H and O–H groups in total. The van der Waals surface area contributed by atoms with E-state index >= 15 is 0 Å². The maximum absolute atomic E-state index is 12.8. The van der Waals surface area contributed by atoms with Gasteiger partial charge in [-0.3, -0.25) is 0 Å². The Hall–Kier alpha value is -3.09. The third-order valence-corrected chi connectivity index (χ3v) is 5.16. The minimum absolute atomic E-state index is 0.119. The summed E-state index contributed by atoms with van der Waals surface area (Å²) in [7, 11) is 3.69. The number of ether oxygens (including phenoxy) is 1. The molecule has 0 atom stereocenters. The quantitative estimate of drug-likeness (QED) is 0.312. The number of nitriles is 1. The van der Waals surface area contributed by atoms with Crippen molar-refractivity contribution in [1.82, 2.24) is 9.27 Å². The van der Waals surface area contributed by atoms with Crippen molar-refractivity contribution >= 4 is 35.2 Å². The SMILES string of the molecule is Cc1cc(Oc2snc(-c3ccc(C(F)(F)F)cc3)c2C#N)c(Cl)cc1N=CN(C)C. The van der Waals surface area contributed by atoms with Gasteiger partial charge in [0.15, 0.2) is 0 Å². The molecule has 0 saturated carbocycles. The molecule has 1 aromatic heterocycles. The second kappa shape index (κ2) is 8.96. The van der Waals surface area contributed by atoms with Crippen molar-refractivity contribution < 1.29 is 17.9 Å². The molecule has 31 heavy (non-hydrogen) atoms. The van der Waals surface area contributed by atoms with Crippen LogP contribution in [-0.2, 0) is 6.18 Å². The summed E-state index contributed by atoms with van der Waals surface area (Å²) in [6, 6.07) is 9.81. The van der Waals surface area contributed by atoms with E-state index in [2.05, 4.69) is 9.37 Å². The zero-order valence-corrected chi connectivity index (χ0v) is 18.2. The second-order valence-electron chi connectivity index (χ2n) is 6.76. The third-order valence-electron chi connectivity index (χ3n) is 4.14. The number of rotatable bonds is 5. The van der Waals surface area contributed by atoms with E-state index in [4.69, 9.17) is 16.3 Å². The van der Waals surface area contributed by atoms with Gasteiger partial charge in [0.05, 0.1) is 22.6 Å². The number of aromatic nitrogens is 1. The lowest BCUT2D eigenvalue weighted by Gasteiger charge is -2.10. The standard InChI is InChI=1S/C21H16ClF3N4OS/c1-12-8-18(16(22)9-17(12)27-11-29(2)3)30-20-15(10-26)19(28-31-20)13-4-6-14(7-5-13)21(23,24)25/h4-9,11H,1-3H3. The highest BCUT2D eigenvalue weighted by atomic mass is 35.5. The zero-order valence-electron chi connectivity index (χ0n) is 16.7. The van der Waals surface area contributed by atoms with Gasteiger partial charge in [0, 0.05) is 31.2 Å². The molecule has 0 saturated heterocycles. The van der Waals surface area contributed by atoms with Crippen molar-refractivity contribution in [3.63, 3.8) is 0 Å². The van der Waals surface area contributed by atoms with Crippen LogP contribution < -0.4 is 4.74 Å². The van der Waals surface area contributed by atoms with Crippen molar-refractivity contribution in [1.29, 1.82) is 5.26 Å². The van der Waals surface area contributed by atoms with E-state index in [9.17, 15) is 18.4 Å². The Balaban J connectivity index is 1.92. The first-order chi connectivity index (χ1) is 14.6. The average Bonchev–Trinajstić information content (AvgIpc) is 3.11. The number of halogens is 4. The van der Waals surface area contributed by atoms with E-state index in [-0.39, 0.29) is 16.3 Å². The van der Waals surface area contributed by atoms with Crippen LogP contribution in [0.1, 0.15) is 16.7 Å². The fourth-order valence-corrected chi connectivity index (χ4v) is 3.52. The molecular weight excluding hydrogens is 449 g/mol. The van der Waals surface area contributed by atoms with Crippen molar-refractivity contribution in [2.75, 3.05) is 14.1 Å². The molecule has 0 spiro atoms. The van der Waals surface area contributed by atoms with Gasteiger partial charge in [0.25, 0.3) is 0 Å². The number of alkyl halides is 3. The summed E-state index contributed by atoms with van der Waals surface area (Å²) >= 11 is 7.25. The molecule has 0 amide bonds. The normalized spacial score (nSPS) is 11.5. The van der Waals surface area contributed by atoms with Crippen LogP contribution in [0.2, 0.25) is 5.02 Å². The molecule has 1 heterocycles. The average molecular weight is 465 g/mol. The Labute approximate surface area is 186 Å². The Morgan fingerprint density at radius 1 is 1.23 bits per heavy atom. The first kappa shape index (κ1) is 22.6. The van der Waals surface area contributed by atoms with Gasteiger partial charge < -0.3 is 9.64 Å². The topological polar surface area (TPSA) is 61.5 Å². The summed E-state index contributed by atoms with van der Waals surface area (Å²) in [5.41, 5.74) is 1.45. The van der Waals surface area contributed by atoms with E-state index in [1.807, 2.05) is 27.1 Å². The van der Waals surface area contributed by atoms with Gasteiger partial charge in [0.1, 0.15) is 23.1 Å². The largest absolute Gasteiger partial charge is 0.442 e. The van der Waals surface area contributed by atoms with Crippen LogP contribution in [0.25, 0.3) is 11.3 Å².